The van der Waals surface area contributed by atoms with Gasteiger partial charge in [0.05, 0.1) is 11.7 Å². The summed E-state index contributed by atoms with van der Waals surface area (Å²) in [7, 11) is -1.17. The quantitative estimate of drug-likeness (QED) is 0.200. The molecule has 0 aliphatic carbocycles. The van der Waals surface area contributed by atoms with Gasteiger partial charge < -0.3 is 19.0 Å². The first kappa shape index (κ1) is 33.9. The van der Waals surface area contributed by atoms with Crippen molar-refractivity contribution < 1.29 is 28.6 Å². The van der Waals surface area contributed by atoms with Gasteiger partial charge in [-0.25, -0.2) is 0 Å². The number of ether oxygens (including phenoxy) is 2. The van der Waals surface area contributed by atoms with Crippen LogP contribution in [0.15, 0.2) is 60.7 Å². The molecule has 0 fully saturated rings. The monoisotopic (exact) mass is 570 g/mol. The van der Waals surface area contributed by atoms with Gasteiger partial charge in [-0.1, -0.05) is 95.3 Å². The molecule has 0 bridgehead atoms. The number of carbonyl (C=O) groups is 2. The molecule has 0 unspecified atom stereocenters. The third-order valence-electron chi connectivity index (χ3n) is 7.57. The number of rotatable bonds is 13. The molecule has 6 nitrogen and oxygen atoms in total. The van der Waals surface area contributed by atoms with E-state index in [4.69, 9.17) is 13.9 Å². The van der Waals surface area contributed by atoms with Crippen LogP contribution < -0.4 is 10.4 Å². The van der Waals surface area contributed by atoms with Gasteiger partial charge in [0.1, 0.15) is 17.8 Å². The van der Waals surface area contributed by atoms with Crippen molar-refractivity contribution in [1.82, 2.24) is 0 Å². The minimum absolute atomic E-state index is 0.00871. The number of Topliss-reactive ketones (excluding diaryl/α,β-unsaturated/α-hetero) is 1. The van der Waals surface area contributed by atoms with Gasteiger partial charge in [0.15, 0.2) is 0 Å². The number of ketones is 1. The Morgan fingerprint density at radius 3 is 1.73 bits per heavy atom. The number of hydrogen-bond donors (Lipinski definition) is 1. The predicted molar refractivity (Wildman–Crippen MR) is 163 cm³/mol. The van der Waals surface area contributed by atoms with E-state index in [0.717, 1.165) is 0 Å². The minimum atomic E-state index is -2.71. The SMILES string of the molecule is CO[C@](C)(C[C@@H](C)CO[Si](c1ccccc1)(c1ccccc1)C(C)(C)C)[C@H](O)[C@@H](C)C(=O)CC(=O)OC(C)(C)C. The van der Waals surface area contributed by atoms with E-state index in [0.29, 0.717) is 13.0 Å². The van der Waals surface area contributed by atoms with E-state index in [2.05, 4.69) is 76.2 Å². The Kier molecular flexibility index (Phi) is 11.5. The molecule has 7 heteroatoms. The van der Waals surface area contributed by atoms with Crippen molar-refractivity contribution in [1.29, 1.82) is 0 Å². The zero-order valence-corrected chi connectivity index (χ0v) is 27.1. The molecule has 40 heavy (non-hydrogen) atoms. The average Bonchev–Trinajstić information content (AvgIpc) is 2.87. The summed E-state index contributed by atoms with van der Waals surface area (Å²) in [5.41, 5.74) is -1.70. The Bertz CT molecular complexity index is 1050. The van der Waals surface area contributed by atoms with Gasteiger partial charge >= 0.3 is 5.97 Å². The van der Waals surface area contributed by atoms with E-state index in [-0.39, 0.29) is 23.2 Å². The zero-order chi connectivity index (χ0) is 30.4. The molecule has 4 atom stereocenters. The third kappa shape index (κ3) is 8.35. The maximum Gasteiger partial charge on any atom is 0.313 e. The average molecular weight is 571 g/mol. The molecule has 2 aromatic rings. The molecule has 0 amide bonds. The lowest BCUT2D eigenvalue weighted by molar-refractivity contribution is -0.160. The smallest absolute Gasteiger partial charge is 0.313 e. The number of carbonyl (C=O) groups excluding carboxylic acids is 2. The van der Waals surface area contributed by atoms with Crippen molar-refractivity contribution in [3.05, 3.63) is 60.7 Å². The molecule has 0 heterocycles. The standard InChI is InChI=1S/C33H50O6Si/c1-24(22-33(9,37-10)30(36)25(2)28(34)21-29(35)39-31(3,4)5)23-38-40(32(6,7)8,26-17-13-11-14-18-26)27-19-15-12-16-20-27/h11-20,24-25,30,36H,21-23H2,1-10H3/t24-,25+,30-,33-/m1/s1. The second kappa shape index (κ2) is 13.6. The third-order valence-corrected chi connectivity index (χ3v) is 12.6. The lowest BCUT2D eigenvalue weighted by Crippen LogP contribution is -2.67. The number of aliphatic hydroxyl groups excluding tert-OH is 1. The second-order valence-corrected chi connectivity index (χ2v) is 17.6. The normalized spacial score (nSPS) is 16.5. The Morgan fingerprint density at radius 1 is 0.850 bits per heavy atom. The highest BCUT2D eigenvalue weighted by Crippen LogP contribution is 2.38. The topological polar surface area (TPSA) is 82.1 Å². The van der Waals surface area contributed by atoms with Crippen molar-refractivity contribution >= 4 is 30.4 Å². The summed E-state index contributed by atoms with van der Waals surface area (Å²) in [4.78, 5) is 25.1. The maximum atomic E-state index is 12.9. The van der Waals surface area contributed by atoms with Crippen LogP contribution in [-0.4, -0.2) is 56.2 Å². The van der Waals surface area contributed by atoms with E-state index in [1.807, 2.05) is 19.1 Å². The molecule has 0 saturated heterocycles. The van der Waals surface area contributed by atoms with Crippen molar-refractivity contribution in [2.75, 3.05) is 13.7 Å². The van der Waals surface area contributed by atoms with Crippen LogP contribution in [0.2, 0.25) is 5.04 Å². The molecule has 0 saturated carbocycles. The molecule has 0 radical (unpaired) electrons. The van der Waals surface area contributed by atoms with E-state index in [1.165, 1.54) is 10.4 Å². The van der Waals surface area contributed by atoms with Crippen LogP contribution in [0, 0.1) is 11.8 Å². The summed E-state index contributed by atoms with van der Waals surface area (Å²) < 4.78 is 18.2. The minimum Gasteiger partial charge on any atom is -0.460 e. The van der Waals surface area contributed by atoms with Crippen LogP contribution in [-0.2, 0) is 23.5 Å². The van der Waals surface area contributed by atoms with Gasteiger partial charge in [0, 0.05) is 19.6 Å². The summed E-state index contributed by atoms with van der Waals surface area (Å²) in [5.74, 6) is -1.76. The fourth-order valence-corrected chi connectivity index (χ4v) is 10.2. The first-order valence-corrected chi connectivity index (χ1v) is 16.1. The van der Waals surface area contributed by atoms with Crippen LogP contribution in [0.25, 0.3) is 0 Å². The zero-order valence-electron chi connectivity index (χ0n) is 26.1. The highest BCUT2D eigenvalue weighted by atomic mass is 28.4. The van der Waals surface area contributed by atoms with Gasteiger partial charge in [-0.15, -0.1) is 0 Å². The Hall–Kier alpha value is -2.32. The van der Waals surface area contributed by atoms with Crippen molar-refractivity contribution in [2.24, 2.45) is 11.8 Å². The van der Waals surface area contributed by atoms with Gasteiger partial charge in [-0.3, -0.25) is 9.59 Å². The molecule has 0 spiro atoms. The highest BCUT2D eigenvalue weighted by molar-refractivity contribution is 6.99. The van der Waals surface area contributed by atoms with Crippen LogP contribution in [0.5, 0.6) is 0 Å². The fraction of sp³-hybridized carbons (Fsp3) is 0.576. The highest BCUT2D eigenvalue weighted by Gasteiger charge is 2.50. The second-order valence-electron chi connectivity index (χ2n) is 13.3. The lowest BCUT2D eigenvalue weighted by Gasteiger charge is -2.44. The molecule has 1 N–H and O–H groups in total. The largest absolute Gasteiger partial charge is 0.460 e. The lowest BCUT2D eigenvalue weighted by atomic mass is 9.80. The van der Waals surface area contributed by atoms with Gasteiger partial charge in [-0.05, 0) is 55.4 Å². The first-order chi connectivity index (χ1) is 18.5. The Labute approximate surface area is 242 Å². The van der Waals surface area contributed by atoms with E-state index in [9.17, 15) is 14.7 Å². The number of esters is 1. The Balaban J connectivity index is 2.25. The van der Waals surface area contributed by atoms with Crippen LogP contribution in [0.4, 0.5) is 0 Å². The molecule has 0 aromatic heterocycles. The predicted octanol–water partition coefficient (Wildman–Crippen LogP) is 5.29. The van der Waals surface area contributed by atoms with E-state index < -0.39 is 37.5 Å². The van der Waals surface area contributed by atoms with Crippen molar-refractivity contribution in [3.63, 3.8) is 0 Å². The molecule has 222 valence electrons. The molecule has 0 aliphatic rings. The van der Waals surface area contributed by atoms with Crippen LogP contribution in [0.1, 0.15) is 75.2 Å². The summed E-state index contributed by atoms with van der Waals surface area (Å²) in [6.07, 6.45) is -1.03. The van der Waals surface area contributed by atoms with Gasteiger partial charge in [-0.2, -0.15) is 0 Å². The van der Waals surface area contributed by atoms with Crippen molar-refractivity contribution in [3.8, 4) is 0 Å². The first-order valence-electron chi connectivity index (χ1n) is 14.2. The summed E-state index contributed by atoms with van der Waals surface area (Å²) in [6, 6.07) is 20.9. The van der Waals surface area contributed by atoms with Crippen LogP contribution >= 0.6 is 0 Å². The fourth-order valence-electron chi connectivity index (χ4n) is 5.49. The molecular weight excluding hydrogens is 520 g/mol. The van der Waals surface area contributed by atoms with E-state index >= 15 is 0 Å². The van der Waals surface area contributed by atoms with Gasteiger partial charge in [0.2, 0.25) is 0 Å². The summed E-state index contributed by atoms with van der Waals surface area (Å²) in [6.45, 7) is 18.0. The summed E-state index contributed by atoms with van der Waals surface area (Å²) in [5, 5.41) is 13.5. The van der Waals surface area contributed by atoms with E-state index in [1.54, 1.807) is 34.8 Å². The summed E-state index contributed by atoms with van der Waals surface area (Å²) >= 11 is 0. The molecule has 0 aliphatic heterocycles. The maximum absolute atomic E-state index is 12.9. The number of benzene rings is 2. The number of hydrogen-bond acceptors (Lipinski definition) is 6. The molecular formula is C33H50O6Si. The number of methoxy groups -OCH3 is 1. The van der Waals surface area contributed by atoms with Crippen molar-refractivity contribution in [2.45, 2.75) is 97.5 Å². The molecule has 2 rings (SSSR count). The van der Waals surface area contributed by atoms with Gasteiger partial charge in [0.25, 0.3) is 8.32 Å². The molecule has 2 aromatic carbocycles. The Morgan fingerprint density at radius 2 is 1.32 bits per heavy atom. The van der Waals surface area contributed by atoms with Crippen LogP contribution in [0.3, 0.4) is 0 Å². The number of aliphatic hydroxyl groups is 1.